The summed E-state index contributed by atoms with van der Waals surface area (Å²) in [6.45, 7) is 2.34. The first-order valence-electron chi connectivity index (χ1n) is 6.95. The van der Waals surface area contributed by atoms with Crippen LogP contribution in [0.25, 0.3) is 0 Å². The van der Waals surface area contributed by atoms with E-state index in [-0.39, 0.29) is 16.4 Å². The standard InChI is InChI=1S/C14H18N2O4S/c1-2-14(8-5-9-15-13(14)18)16-12(17)10-6-3-4-7-11(10)21(16,19)20/h3-4,6-7,19-20H,2,5,8-9H2,1H3,(H,15,18). The lowest BCUT2D eigenvalue weighted by Gasteiger charge is -2.49. The van der Waals surface area contributed by atoms with E-state index in [1.165, 1.54) is 6.07 Å². The Morgan fingerprint density at radius 1 is 1.33 bits per heavy atom. The van der Waals surface area contributed by atoms with E-state index in [9.17, 15) is 18.7 Å². The molecule has 1 atom stereocenters. The van der Waals surface area contributed by atoms with E-state index in [1.54, 1.807) is 25.1 Å². The molecule has 1 fully saturated rings. The van der Waals surface area contributed by atoms with Crippen LogP contribution in [0.2, 0.25) is 0 Å². The maximum Gasteiger partial charge on any atom is 0.275 e. The summed E-state index contributed by atoms with van der Waals surface area (Å²) in [5, 5.41) is 2.74. The minimum atomic E-state index is -3.48. The zero-order valence-corrected chi connectivity index (χ0v) is 12.5. The first kappa shape index (κ1) is 14.4. The maximum atomic E-state index is 12.7. The normalized spacial score (nSPS) is 29.0. The number of piperidine rings is 1. The summed E-state index contributed by atoms with van der Waals surface area (Å²) in [6.07, 6.45) is 1.48. The second kappa shape index (κ2) is 4.72. The molecule has 1 unspecified atom stereocenters. The summed E-state index contributed by atoms with van der Waals surface area (Å²) < 4.78 is 22.2. The van der Waals surface area contributed by atoms with Crippen molar-refractivity contribution in [3.05, 3.63) is 29.8 Å². The van der Waals surface area contributed by atoms with Gasteiger partial charge >= 0.3 is 0 Å². The smallest absolute Gasteiger partial charge is 0.275 e. The molecule has 1 aromatic carbocycles. The topological polar surface area (TPSA) is 89.9 Å². The molecule has 0 bridgehead atoms. The largest absolute Gasteiger partial charge is 0.354 e. The van der Waals surface area contributed by atoms with Crippen molar-refractivity contribution in [3.63, 3.8) is 0 Å². The van der Waals surface area contributed by atoms with Gasteiger partial charge in [-0.3, -0.25) is 18.7 Å². The quantitative estimate of drug-likeness (QED) is 0.781. The van der Waals surface area contributed by atoms with Gasteiger partial charge in [0.25, 0.3) is 5.91 Å². The third-order valence-electron chi connectivity index (χ3n) is 4.30. The lowest BCUT2D eigenvalue weighted by atomic mass is 9.86. The molecular weight excluding hydrogens is 292 g/mol. The van der Waals surface area contributed by atoms with Crippen molar-refractivity contribution in [2.24, 2.45) is 0 Å². The average molecular weight is 310 g/mol. The summed E-state index contributed by atoms with van der Waals surface area (Å²) in [6, 6.07) is 6.43. The van der Waals surface area contributed by atoms with Crippen LogP contribution in [-0.4, -0.2) is 37.3 Å². The van der Waals surface area contributed by atoms with Crippen LogP contribution in [0, 0.1) is 0 Å². The van der Waals surface area contributed by atoms with Gasteiger partial charge in [0.05, 0.1) is 10.5 Å². The number of carbonyl (C=O) groups excluding carboxylic acids is 2. The number of rotatable bonds is 2. The molecule has 2 aliphatic heterocycles. The first-order chi connectivity index (χ1) is 9.95. The van der Waals surface area contributed by atoms with Gasteiger partial charge in [-0.1, -0.05) is 29.8 Å². The first-order valence-corrected chi connectivity index (χ1v) is 8.46. The van der Waals surface area contributed by atoms with Gasteiger partial charge in [-0.05, 0) is 31.4 Å². The molecule has 3 N–H and O–H groups in total. The molecule has 0 saturated carbocycles. The number of carbonyl (C=O) groups is 2. The fourth-order valence-electron chi connectivity index (χ4n) is 3.18. The Morgan fingerprint density at radius 2 is 2.05 bits per heavy atom. The summed E-state index contributed by atoms with van der Waals surface area (Å²) in [7, 11) is -3.48. The molecule has 0 spiro atoms. The van der Waals surface area contributed by atoms with Crippen LogP contribution < -0.4 is 5.32 Å². The van der Waals surface area contributed by atoms with Crippen molar-refractivity contribution in [2.45, 2.75) is 36.6 Å². The van der Waals surface area contributed by atoms with Crippen LogP contribution in [0.4, 0.5) is 0 Å². The molecule has 114 valence electrons. The molecule has 1 saturated heterocycles. The van der Waals surface area contributed by atoms with Crippen molar-refractivity contribution in [1.82, 2.24) is 9.62 Å². The molecule has 2 heterocycles. The lowest BCUT2D eigenvalue weighted by Crippen LogP contribution is -2.61. The van der Waals surface area contributed by atoms with Gasteiger partial charge in [-0.15, -0.1) is 0 Å². The third-order valence-corrected chi connectivity index (χ3v) is 6.27. The summed E-state index contributed by atoms with van der Waals surface area (Å²) >= 11 is 0. The molecule has 2 amide bonds. The molecule has 6 nitrogen and oxygen atoms in total. The second-order valence-corrected chi connectivity index (χ2v) is 7.20. The Kier molecular flexibility index (Phi) is 3.23. The molecule has 21 heavy (non-hydrogen) atoms. The molecular formula is C14H18N2O4S. The number of nitrogens with zero attached hydrogens (tertiary/aromatic N) is 1. The average Bonchev–Trinajstić information content (AvgIpc) is 2.69. The van der Waals surface area contributed by atoms with Gasteiger partial charge in [-0.2, -0.15) is 0 Å². The van der Waals surface area contributed by atoms with Crippen molar-refractivity contribution >= 4 is 22.6 Å². The van der Waals surface area contributed by atoms with Crippen molar-refractivity contribution < 1.29 is 18.7 Å². The molecule has 7 heteroatoms. The SMILES string of the molecule is CCC1(N2C(=O)c3ccccc3S2(O)O)CCCNC1=O. The molecule has 1 aromatic rings. The highest BCUT2D eigenvalue weighted by Gasteiger charge is 2.56. The maximum absolute atomic E-state index is 12.7. The van der Waals surface area contributed by atoms with Crippen LogP contribution in [0.1, 0.15) is 36.5 Å². The van der Waals surface area contributed by atoms with Gasteiger partial charge < -0.3 is 5.32 Å². The molecule has 3 rings (SSSR count). The van der Waals surface area contributed by atoms with Crippen molar-refractivity contribution in [2.75, 3.05) is 6.54 Å². The zero-order chi connectivity index (χ0) is 15.3. The van der Waals surface area contributed by atoms with Crippen molar-refractivity contribution in [1.29, 1.82) is 0 Å². The molecule has 0 aromatic heterocycles. The van der Waals surface area contributed by atoms with Gasteiger partial charge in [0.2, 0.25) is 5.91 Å². The minimum absolute atomic E-state index is 0.209. The second-order valence-electron chi connectivity index (χ2n) is 5.36. The summed E-state index contributed by atoms with van der Waals surface area (Å²) in [4.78, 5) is 25.3. The Balaban J connectivity index is 2.15. The fraction of sp³-hybridized carbons (Fsp3) is 0.429. The Bertz CT molecular complexity index is 619. The summed E-state index contributed by atoms with van der Waals surface area (Å²) in [5.41, 5.74) is -0.920. The van der Waals surface area contributed by atoms with E-state index < -0.39 is 22.2 Å². The van der Waals surface area contributed by atoms with Crippen LogP contribution in [0.5, 0.6) is 0 Å². The van der Waals surface area contributed by atoms with Crippen LogP contribution >= 0.6 is 10.8 Å². The number of nitrogens with one attached hydrogen (secondary N) is 1. The monoisotopic (exact) mass is 310 g/mol. The van der Waals surface area contributed by atoms with Crippen molar-refractivity contribution in [3.8, 4) is 0 Å². The van der Waals surface area contributed by atoms with E-state index in [1.807, 2.05) is 0 Å². The summed E-state index contributed by atoms with van der Waals surface area (Å²) in [5.74, 6) is -0.790. The highest BCUT2D eigenvalue weighted by molar-refractivity contribution is 8.23. The van der Waals surface area contributed by atoms with E-state index in [4.69, 9.17) is 0 Å². The number of hydrogen-bond acceptors (Lipinski definition) is 4. The van der Waals surface area contributed by atoms with Crippen LogP contribution in [-0.2, 0) is 4.79 Å². The zero-order valence-electron chi connectivity index (χ0n) is 11.7. The van der Waals surface area contributed by atoms with Gasteiger partial charge in [0, 0.05) is 6.54 Å². The van der Waals surface area contributed by atoms with E-state index >= 15 is 0 Å². The lowest BCUT2D eigenvalue weighted by molar-refractivity contribution is -0.132. The third kappa shape index (κ3) is 1.81. The molecule has 0 radical (unpaired) electrons. The van der Waals surface area contributed by atoms with Crippen LogP contribution in [0.15, 0.2) is 29.2 Å². The van der Waals surface area contributed by atoms with Gasteiger partial charge in [-0.25, -0.2) is 4.31 Å². The van der Waals surface area contributed by atoms with E-state index in [0.29, 0.717) is 25.8 Å². The molecule has 2 aliphatic rings. The van der Waals surface area contributed by atoms with Gasteiger partial charge in [0.15, 0.2) is 0 Å². The van der Waals surface area contributed by atoms with Gasteiger partial charge in [0.1, 0.15) is 5.54 Å². The highest BCUT2D eigenvalue weighted by atomic mass is 32.3. The molecule has 0 aliphatic carbocycles. The van der Waals surface area contributed by atoms with Crippen LogP contribution in [0.3, 0.4) is 0 Å². The predicted molar refractivity (Wildman–Crippen MR) is 79.0 cm³/mol. The van der Waals surface area contributed by atoms with E-state index in [0.717, 1.165) is 4.31 Å². The predicted octanol–water partition coefficient (Wildman–Crippen LogP) is 2.23. The number of amides is 2. The van der Waals surface area contributed by atoms with E-state index in [2.05, 4.69) is 5.32 Å². The fourth-order valence-corrected chi connectivity index (χ4v) is 5.21. The Morgan fingerprint density at radius 3 is 2.67 bits per heavy atom. The Hall–Kier alpha value is -1.57. The number of hydrogen-bond donors (Lipinski definition) is 3. The minimum Gasteiger partial charge on any atom is -0.354 e. The highest BCUT2D eigenvalue weighted by Crippen LogP contribution is 2.62. The Labute approximate surface area is 124 Å². The number of benzene rings is 1. The number of fused-ring (bicyclic) bond motifs is 1.